The Morgan fingerprint density at radius 1 is 1.22 bits per heavy atom. The molecule has 4 rings (SSSR count). The van der Waals surface area contributed by atoms with E-state index in [1.165, 1.54) is 22.0 Å². The fraction of sp³-hybridized carbons (Fsp3) is 0.476. The first-order chi connectivity index (χ1) is 13.1. The number of hydrogen-bond acceptors (Lipinski definition) is 5. The maximum atomic E-state index is 12.5. The zero-order valence-corrected chi connectivity index (χ0v) is 16.6. The summed E-state index contributed by atoms with van der Waals surface area (Å²) in [6, 6.07) is 10.3. The Kier molecular flexibility index (Phi) is 5.36. The molecule has 3 heterocycles. The maximum absolute atomic E-state index is 12.5. The van der Waals surface area contributed by atoms with E-state index >= 15 is 0 Å². The number of hydrogen-bond donors (Lipinski definition) is 0. The fourth-order valence-electron chi connectivity index (χ4n) is 4.15. The van der Waals surface area contributed by atoms with Crippen molar-refractivity contribution in [3.05, 3.63) is 52.5 Å². The first-order valence-electron chi connectivity index (χ1n) is 9.63. The molecule has 0 radical (unpaired) electrons. The van der Waals surface area contributed by atoms with Crippen LogP contribution in [-0.4, -0.2) is 51.5 Å². The summed E-state index contributed by atoms with van der Waals surface area (Å²) in [5.41, 5.74) is 2.41. The van der Waals surface area contributed by atoms with Crippen LogP contribution in [0.2, 0.25) is 0 Å². The molecule has 0 unspecified atom stereocenters. The van der Waals surface area contributed by atoms with E-state index in [-0.39, 0.29) is 5.41 Å². The van der Waals surface area contributed by atoms with Gasteiger partial charge < -0.3 is 4.90 Å². The molecule has 6 heteroatoms. The number of likely N-dealkylation sites (tertiary alicyclic amines) is 2. The molecular formula is C21H26N4OS. The molecule has 2 aliphatic heterocycles. The second-order valence-corrected chi connectivity index (χ2v) is 8.66. The minimum atomic E-state index is 0.176. The van der Waals surface area contributed by atoms with Gasteiger partial charge in [-0.25, -0.2) is 0 Å². The molecule has 0 atom stereocenters. The Morgan fingerprint density at radius 2 is 2.00 bits per heavy atom. The van der Waals surface area contributed by atoms with E-state index in [9.17, 15) is 4.79 Å². The number of carbonyl (C=O) groups is 1. The third-order valence-electron chi connectivity index (χ3n) is 5.87. The molecule has 142 valence electrons. The lowest BCUT2D eigenvalue weighted by molar-refractivity contribution is -0.127. The number of aryl methyl sites for hydroxylation is 1. The van der Waals surface area contributed by atoms with Crippen molar-refractivity contribution >= 4 is 23.5 Å². The second kappa shape index (κ2) is 7.90. The van der Waals surface area contributed by atoms with Gasteiger partial charge in [0.05, 0.1) is 10.6 Å². The smallest absolute Gasteiger partial charge is 0.223 e. The van der Waals surface area contributed by atoms with Crippen LogP contribution in [0.25, 0.3) is 6.08 Å². The molecule has 2 aliphatic rings. The summed E-state index contributed by atoms with van der Waals surface area (Å²) >= 11 is 1.50. The highest BCUT2D eigenvalue weighted by Gasteiger charge is 2.44. The molecule has 0 bridgehead atoms. The van der Waals surface area contributed by atoms with Crippen LogP contribution in [0.3, 0.4) is 0 Å². The molecule has 2 fully saturated rings. The van der Waals surface area contributed by atoms with Crippen molar-refractivity contribution in [1.29, 1.82) is 0 Å². The minimum absolute atomic E-state index is 0.176. The summed E-state index contributed by atoms with van der Waals surface area (Å²) in [6.07, 6.45) is 7.13. The number of nitrogens with zero attached hydrogens (tertiary/aromatic N) is 4. The molecule has 2 saturated heterocycles. The number of amides is 1. The topological polar surface area (TPSA) is 49.3 Å². The van der Waals surface area contributed by atoms with Gasteiger partial charge in [-0.2, -0.15) is 0 Å². The standard InChI is InChI=1S/C21H26N4OS/c1-17-19(27-23-22-17)15-24-12-9-21(10-13-24)14-20(26)25(16-21)11-5-8-18-6-3-2-4-7-18/h2-8H,9-16H2,1H3/b8-5+. The average molecular weight is 383 g/mol. The predicted octanol–water partition coefficient (Wildman–Crippen LogP) is 3.37. The van der Waals surface area contributed by atoms with Crippen molar-refractivity contribution in [3.63, 3.8) is 0 Å². The molecule has 1 aromatic carbocycles. The zero-order chi connectivity index (χ0) is 18.7. The average Bonchev–Trinajstić information content (AvgIpc) is 3.21. The van der Waals surface area contributed by atoms with Gasteiger partial charge in [-0.15, -0.1) is 5.10 Å². The van der Waals surface area contributed by atoms with E-state index in [0.29, 0.717) is 18.9 Å². The van der Waals surface area contributed by atoms with Gasteiger partial charge in [0.1, 0.15) is 0 Å². The van der Waals surface area contributed by atoms with E-state index in [0.717, 1.165) is 44.7 Å². The quantitative estimate of drug-likeness (QED) is 0.795. The van der Waals surface area contributed by atoms with Gasteiger partial charge in [0.15, 0.2) is 0 Å². The van der Waals surface area contributed by atoms with Gasteiger partial charge >= 0.3 is 0 Å². The zero-order valence-electron chi connectivity index (χ0n) is 15.8. The van der Waals surface area contributed by atoms with Crippen molar-refractivity contribution in [3.8, 4) is 0 Å². The summed E-state index contributed by atoms with van der Waals surface area (Å²) < 4.78 is 4.04. The van der Waals surface area contributed by atoms with E-state index in [1.54, 1.807) is 0 Å². The third kappa shape index (κ3) is 4.28. The normalized spacial score (nSPS) is 20.2. The van der Waals surface area contributed by atoms with Gasteiger partial charge in [-0.3, -0.25) is 9.69 Å². The molecule has 0 saturated carbocycles. The summed E-state index contributed by atoms with van der Waals surface area (Å²) in [5.74, 6) is 0.309. The van der Waals surface area contributed by atoms with Gasteiger partial charge in [-0.05, 0) is 55.4 Å². The number of piperidine rings is 1. The third-order valence-corrected chi connectivity index (χ3v) is 6.68. The first kappa shape index (κ1) is 18.3. The van der Waals surface area contributed by atoms with Crippen LogP contribution in [0.4, 0.5) is 0 Å². The molecule has 27 heavy (non-hydrogen) atoms. The lowest BCUT2D eigenvalue weighted by Crippen LogP contribution is -2.41. The molecule has 1 amide bonds. The lowest BCUT2D eigenvalue weighted by Gasteiger charge is -2.38. The van der Waals surface area contributed by atoms with Crippen LogP contribution in [-0.2, 0) is 11.3 Å². The van der Waals surface area contributed by atoms with Crippen molar-refractivity contribution in [2.45, 2.75) is 32.7 Å². The van der Waals surface area contributed by atoms with Crippen LogP contribution < -0.4 is 0 Å². The van der Waals surface area contributed by atoms with Gasteiger partial charge in [-0.1, -0.05) is 47.0 Å². The minimum Gasteiger partial charge on any atom is -0.338 e. The molecule has 1 spiro atoms. The predicted molar refractivity (Wildman–Crippen MR) is 108 cm³/mol. The molecular weight excluding hydrogens is 356 g/mol. The Morgan fingerprint density at radius 3 is 2.70 bits per heavy atom. The summed E-state index contributed by atoms with van der Waals surface area (Å²) in [4.78, 5) is 18.3. The Bertz CT molecular complexity index is 809. The summed E-state index contributed by atoms with van der Waals surface area (Å²) in [6.45, 7) is 6.69. The molecule has 0 N–H and O–H groups in total. The molecule has 2 aromatic rings. The highest BCUT2D eigenvalue weighted by atomic mass is 32.1. The largest absolute Gasteiger partial charge is 0.338 e. The number of aromatic nitrogens is 2. The molecule has 0 aliphatic carbocycles. The maximum Gasteiger partial charge on any atom is 0.223 e. The van der Waals surface area contributed by atoms with Crippen LogP contribution in [0.5, 0.6) is 0 Å². The van der Waals surface area contributed by atoms with Gasteiger partial charge in [0, 0.05) is 26.1 Å². The summed E-state index contributed by atoms with van der Waals surface area (Å²) in [5, 5.41) is 4.11. The van der Waals surface area contributed by atoms with Crippen molar-refractivity contribution in [2.24, 2.45) is 5.41 Å². The second-order valence-electron chi connectivity index (χ2n) is 7.82. The van der Waals surface area contributed by atoms with Crippen LogP contribution in [0, 0.1) is 12.3 Å². The van der Waals surface area contributed by atoms with Crippen LogP contribution in [0.1, 0.15) is 35.4 Å². The monoisotopic (exact) mass is 382 g/mol. The number of rotatable bonds is 5. The highest BCUT2D eigenvalue weighted by Crippen LogP contribution is 2.41. The van der Waals surface area contributed by atoms with Crippen LogP contribution in [0.15, 0.2) is 36.4 Å². The van der Waals surface area contributed by atoms with Crippen LogP contribution >= 0.6 is 11.5 Å². The fourth-order valence-corrected chi connectivity index (χ4v) is 4.82. The lowest BCUT2D eigenvalue weighted by atomic mass is 9.77. The first-order valence-corrected chi connectivity index (χ1v) is 10.4. The van der Waals surface area contributed by atoms with E-state index in [2.05, 4.69) is 38.8 Å². The Labute approximate surface area is 164 Å². The van der Waals surface area contributed by atoms with E-state index in [4.69, 9.17) is 0 Å². The van der Waals surface area contributed by atoms with Gasteiger partial charge in [0.25, 0.3) is 0 Å². The molecule has 1 aromatic heterocycles. The van der Waals surface area contributed by atoms with Crippen molar-refractivity contribution in [2.75, 3.05) is 26.2 Å². The van der Waals surface area contributed by atoms with E-state index in [1.807, 2.05) is 30.0 Å². The van der Waals surface area contributed by atoms with Gasteiger partial charge in [0.2, 0.25) is 5.91 Å². The SMILES string of the molecule is Cc1nnsc1CN1CCC2(CC1)CC(=O)N(C/C=C/c1ccccc1)C2. The highest BCUT2D eigenvalue weighted by molar-refractivity contribution is 7.05. The molecule has 5 nitrogen and oxygen atoms in total. The van der Waals surface area contributed by atoms with Crippen molar-refractivity contribution < 1.29 is 4.79 Å². The summed E-state index contributed by atoms with van der Waals surface area (Å²) in [7, 11) is 0. The number of carbonyl (C=O) groups excluding carboxylic acids is 1. The van der Waals surface area contributed by atoms with Crippen molar-refractivity contribution in [1.82, 2.24) is 19.4 Å². The number of benzene rings is 1. The van der Waals surface area contributed by atoms with E-state index < -0.39 is 0 Å². The Balaban J connectivity index is 1.30. The Hall–Kier alpha value is -2.05.